The molecule has 1 unspecified atom stereocenters. The van der Waals surface area contributed by atoms with Crippen LogP contribution in [0.15, 0.2) is 98.3 Å². The molecule has 9 heteroatoms. The highest BCUT2D eigenvalue weighted by molar-refractivity contribution is 7.07. The van der Waals surface area contributed by atoms with Gasteiger partial charge in [0.2, 0.25) is 0 Å². The van der Waals surface area contributed by atoms with Crippen molar-refractivity contribution in [2.45, 2.75) is 19.9 Å². The topological polar surface area (TPSA) is 83.0 Å². The molecule has 0 saturated carbocycles. The summed E-state index contributed by atoms with van der Waals surface area (Å²) in [6.07, 6.45) is 1.69. The molecular weight excluding hydrogens is 560 g/mol. The number of halogens is 1. The van der Waals surface area contributed by atoms with E-state index in [9.17, 15) is 9.59 Å². The number of allylic oxidation sites excluding steroid dienone is 1. The summed E-state index contributed by atoms with van der Waals surface area (Å²) in [7, 11) is 1.58. The minimum absolute atomic E-state index is 0.187. The van der Waals surface area contributed by atoms with E-state index in [0.29, 0.717) is 48.5 Å². The molecule has 2 aromatic heterocycles. The lowest BCUT2D eigenvalue weighted by molar-refractivity contribution is -0.139. The predicted molar refractivity (Wildman–Crippen MR) is 160 cm³/mol. The van der Waals surface area contributed by atoms with Gasteiger partial charge in [-0.05, 0) is 55.0 Å². The Hall–Kier alpha value is -4.40. The molecule has 3 heterocycles. The lowest BCUT2D eigenvalue weighted by Crippen LogP contribution is -2.40. The number of furan rings is 1. The molecule has 41 heavy (non-hydrogen) atoms. The van der Waals surface area contributed by atoms with Gasteiger partial charge in [0, 0.05) is 22.2 Å². The van der Waals surface area contributed by atoms with Crippen LogP contribution < -0.4 is 19.6 Å². The van der Waals surface area contributed by atoms with Crippen LogP contribution in [0.25, 0.3) is 28.2 Å². The second kappa shape index (κ2) is 10.9. The van der Waals surface area contributed by atoms with E-state index in [1.54, 1.807) is 43.7 Å². The van der Waals surface area contributed by atoms with Crippen molar-refractivity contribution in [1.29, 1.82) is 0 Å². The third kappa shape index (κ3) is 4.79. The first-order chi connectivity index (χ1) is 19.9. The highest BCUT2D eigenvalue weighted by Gasteiger charge is 2.36. The van der Waals surface area contributed by atoms with Crippen molar-refractivity contribution < 1.29 is 18.7 Å². The monoisotopic (exact) mass is 584 g/mol. The summed E-state index contributed by atoms with van der Waals surface area (Å²) in [5.74, 6) is 1.16. The van der Waals surface area contributed by atoms with Gasteiger partial charge in [-0.1, -0.05) is 65.4 Å². The standard InChI is InChI=1S/C32H25ClN2O5S/c1-4-39-31(37)27-18(2)34-32-35(29(27)28-23-11-6-5-8-19(23)12-14-25(28)38-3)30(36)26(41-32)17-22-13-15-24(40-22)20-9-7-10-21(33)16-20/h5-17,29H,4H2,1-3H3. The number of rotatable bonds is 6. The second-order valence-electron chi connectivity index (χ2n) is 9.42. The van der Waals surface area contributed by atoms with Gasteiger partial charge < -0.3 is 13.9 Å². The highest BCUT2D eigenvalue weighted by atomic mass is 35.5. The van der Waals surface area contributed by atoms with Crippen molar-refractivity contribution in [3.05, 3.63) is 120 Å². The van der Waals surface area contributed by atoms with Crippen LogP contribution in [-0.2, 0) is 9.53 Å². The largest absolute Gasteiger partial charge is 0.496 e. The number of hydrogen-bond acceptors (Lipinski definition) is 7. The molecule has 0 fully saturated rings. The number of nitrogens with zero attached hydrogens (tertiary/aromatic N) is 2. The molecular formula is C32H25ClN2O5S. The summed E-state index contributed by atoms with van der Waals surface area (Å²) in [4.78, 5) is 32.6. The number of benzene rings is 3. The fourth-order valence-corrected chi connectivity index (χ4v) is 6.37. The SMILES string of the molecule is CCOC(=O)C1=C(C)N=c2sc(=Cc3ccc(-c4cccc(Cl)c4)o3)c(=O)n2C1c1c(OC)ccc2ccccc12. The van der Waals surface area contributed by atoms with Crippen molar-refractivity contribution in [3.8, 4) is 17.1 Å². The molecule has 0 radical (unpaired) electrons. The van der Waals surface area contributed by atoms with Gasteiger partial charge in [0.15, 0.2) is 4.80 Å². The van der Waals surface area contributed by atoms with Crippen molar-refractivity contribution in [2.75, 3.05) is 13.7 Å². The maximum atomic E-state index is 14.1. The quantitative estimate of drug-likeness (QED) is 0.233. The Labute approximate surface area is 244 Å². The Morgan fingerprint density at radius 3 is 2.73 bits per heavy atom. The maximum absolute atomic E-state index is 14.1. The van der Waals surface area contributed by atoms with E-state index < -0.39 is 12.0 Å². The first-order valence-corrected chi connectivity index (χ1v) is 14.2. The minimum atomic E-state index is -0.813. The molecule has 0 aliphatic carbocycles. The number of methoxy groups -OCH3 is 1. The molecule has 0 spiro atoms. The lowest BCUT2D eigenvalue weighted by Gasteiger charge is -2.27. The molecule has 6 rings (SSSR count). The van der Waals surface area contributed by atoms with Gasteiger partial charge in [-0.2, -0.15) is 0 Å². The fraction of sp³-hybridized carbons (Fsp3) is 0.156. The second-order valence-corrected chi connectivity index (χ2v) is 10.9. The first kappa shape index (κ1) is 26.8. The van der Waals surface area contributed by atoms with Crippen LogP contribution in [-0.4, -0.2) is 24.3 Å². The van der Waals surface area contributed by atoms with E-state index in [1.807, 2.05) is 60.7 Å². The van der Waals surface area contributed by atoms with Gasteiger partial charge in [0.25, 0.3) is 5.56 Å². The van der Waals surface area contributed by atoms with Crippen LogP contribution in [0.1, 0.15) is 31.2 Å². The van der Waals surface area contributed by atoms with Crippen LogP contribution in [0.3, 0.4) is 0 Å². The molecule has 0 saturated heterocycles. The van der Waals surface area contributed by atoms with Gasteiger partial charge >= 0.3 is 5.97 Å². The van der Waals surface area contributed by atoms with E-state index in [0.717, 1.165) is 16.3 Å². The number of aromatic nitrogens is 1. The Kier molecular flexibility index (Phi) is 7.11. The number of carbonyl (C=O) groups excluding carboxylic acids is 1. The van der Waals surface area contributed by atoms with Crippen LogP contribution in [0.2, 0.25) is 5.02 Å². The van der Waals surface area contributed by atoms with Crippen molar-refractivity contribution in [2.24, 2.45) is 4.99 Å². The summed E-state index contributed by atoms with van der Waals surface area (Å²) in [6, 6.07) is 21.8. The predicted octanol–water partition coefficient (Wildman–Crippen LogP) is 5.87. The molecule has 7 nitrogen and oxygen atoms in total. The summed E-state index contributed by atoms with van der Waals surface area (Å²) in [6.45, 7) is 3.70. The maximum Gasteiger partial charge on any atom is 0.338 e. The summed E-state index contributed by atoms with van der Waals surface area (Å²) in [5.41, 5.74) is 2.00. The third-order valence-electron chi connectivity index (χ3n) is 6.95. The van der Waals surface area contributed by atoms with E-state index >= 15 is 0 Å². The van der Waals surface area contributed by atoms with Gasteiger partial charge in [0.05, 0.1) is 29.5 Å². The average molecular weight is 585 g/mol. The van der Waals surface area contributed by atoms with E-state index in [4.69, 9.17) is 25.5 Å². The molecule has 0 N–H and O–H groups in total. The van der Waals surface area contributed by atoms with Crippen molar-refractivity contribution >= 4 is 45.8 Å². The first-order valence-electron chi connectivity index (χ1n) is 13.0. The van der Waals surface area contributed by atoms with Gasteiger partial charge in [-0.25, -0.2) is 9.79 Å². The van der Waals surface area contributed by atoms with Crippen LogP contribution in [0.4, 0.5) is 0 Å². The molecule has 0 amide bonds. The van der Waals surface area contributed by atoms with Gasteiger partial charge in [-0.3, -0.25) is 9.36 Å². The lowest BCUT2D eigenvalue weighted by atomic mass is 9.90. The summed E-state index contributed by atoms with van der Waals surface area (Å²) in [5, 5.41) is 2.41. The molecule has 5 aromatic rings. The van der Waals surface area contributed by atoms with Crippen LogP contribution >= 0.6 is 22.9 Å². The van der Waals surface area contributed by atoms with E-state index in [1.165, 1.54) is 11.3 Å². The molecule has 1 atom stereocenters. The highest BCUT2D eigenvalue weighted by Crippen LogP contribution is 2.40. The smallest absolute Gasteiger partial charge is 0.338 e. The van der Waals surface area contributed by atoms with Crippen LogP contribution in [0.5, 0.6) is 5.75 Å². The molecule has 3 aromatic carbocycles. The zero-order valence-electron chi connectivity index (χ0n) is 22.5. The number of esters is 1. The number of ether oxygens (including phenoxy) is 2. The average Bonchev–Trinajstić information content (AvgIpc) is 3.56. The minimum Gasteiger partial charge on any atom is -0.496 e. The third-order valence-corrected chi connectivity index (χ3v) is 8.17. The molecule has 1 aliphatic rings. The molecule has 1 aliphatic heterocycles. The Morgan fingerprint density at radius 1 is 1.12 bits per heavy atom. The normalized spacial score (nSPS) is 15.1. The zero-order valence-corrected chi connectivity index (χ0v) is 24.1. The van der Waals surface area contributed by atoms with Gasteiger partial charge in [-0.15, -0.1) is 0 Å². The van der Waals surface area contributed by atoms with Crippen LogP contribution in [0, 0.1) is 0 Å². The van der Waals surface area contributed by atoms with E-state index in [2.05, 4.69) is 4.99 Å². The van der Waals surface area contributed by atoms with E-state index in [-0.39, 0.29) is 12.2 Å². The Bertz CT molecular complexity index is 2030. The van der Waals surface area contributed by atoms with Crippen molar-refractivity contribution in [3.63, 3.8) is 0 Å². The Balaban J connectivity index is 1.57. The van der Waals surface area contributed by atoms with Gasteiger partial charge in [0.1, 0.15) is 23.3 Å². The fourth-order valence-electron chi connectivity index (χ4n) is 5.16. The number of fused-ring (bicyclic) bond motifs is 2. The molecule has 206 valence electrons. The number of carbonyl (C=O) groups is 1. The molecule has 0 bridgehead atoms. The Morgan fingerprint density at radius 2 is 1.95 bits per heavy atom. The number of hydrogen-bond donors (Lipinski definition) is 0. The van der Waals surface area contributed by atoms with Crippen molar-refractivity contribution in [1.82, 2.24) is 4.57 Å². The number of thiazole rings is 1. The zero-order chi connectivity index (χ0) is 28.7. The summed E-state index contributed by atoms with van der Waals surface area (Å²) >= 11 is 7.38. The summed E-state index contributed by atoms with van der Waals surface area (Å²) < 4.78 is 19.3.